The van der Waals surface area contributed by atoms with Crippen LogP contribution in [0.1, 0.15) is 48.9 Å². The van der Waals surface area contributed by atoms with E-state index < -0.39 is 0 Å². The fourth-order valence-corrected chi connectivity index (χ4v) is 5.21. The van der Waals surface area contributed by atoms with Crippen molar-refractivity contribution in [2.75, 3.05) is 40.9 Å². The molecule has 1 aliphatic carbocycles. The number of rotatable bonds is 11. The van der Waals surface area contributed by atoms with Crippen molar-refractivity contribution in [3.8, 4) is 11.5 Å². The lowest BCUT2D eigenvalue weighted by Crippen LogP contribution is -2.33. The van der Waals surface area contributed by atoms with Gasteiger partial charge in [-0.15, -0.1) is 0 Å². The highest BCUT2D eigenvalue weighted by atomic mass is 16.5. The van der Waals surface area contributed by atoms with Gasteiger partial charge in [0.05, 0.1) is 25.0 Å². The fraction of sp³-hybridized carbons (Fsp3) is 0.552. The van der Waals surface area contributed by atoms with Gasteiger partial charge in [0.15, 0.2) is 5.58 Å². The number of para-hydroxylation sites is 1. The molecular weight excluding hydrogens is 438 g/mol. The lowest BCUT2D eigenvalue weighted by molar-refractivity contribution is 0.170. The van der Waals surface area contributed by atoms with Crippen LogP contribution in [0, 0.1) is 11.8 Å². The van der Waals surface area contributed by atoms with Crippen LogP contribution in [0.3, 0.4) is 0 Å². The summed E-state index contributed by atoms with van der Waals surface area (Å²) in [5.41, 5.74) is 4.38. The molecule has 3 aromatic rings. The molecule has 0 amide bonds. The molecule has 2 fully saturated rings. The zero-order valence-electron chi connectivity index (χ0n) is 21.5. The summed E-state index contributed by atoms with van der Waals surface area (Å²) in [6.07, 6.45) is 7.17. The molecule has 2 aromatic carbocycles. The number of fused-ring (bicyclic) bond motifs is 1. The molecular formula is C29H39N3O3. The molecule has 6 heteroatoms. The number of nitrogens with zero attached hydrogens (tertiary/aromatic N) is 3. The van der Waals surface area contributed by atoms with Crippen molar-refractivity contribution in [1.29, 1.82) is 0 Å². The Labute approximate surface area is 209 Å². The van der Waals surface area contributed by atoms with Crippen molar-refractivity contribution in [2.45, 2.75) is 51.6 Å². The van der Waals surface area contributed by atoms with Gasteiger partial charge in [0.1, 0.15) is 11.5 Å². The van der Waals surface area contributed by atoms with Crippen LogP contribution in [-0.2, 0) is 19.5 Å². The van der Waals surface area contributed by atoms with Gasteiger partial charge in [0.25, 0.3) is 0 Å². The monoisotopic (exact) mass is 477 g/mol. The maximum absolute atomic E-state index is 6.17. The molecule has 0 bridgehead atoms. The molecule has 0 radical (unpaired) electrons. The summed E-state index contributed by atoms with van der Waals surface area (Å²) in [6, 6.07) is 12.6. The van der Waals surface area contributed by atoms with E-state index in [1.54, 1.807) is 7.11 Å². The standard InChI is InChI=1S/C29H39N3O3/c1-31(2)19-25-28(34-20-22-8-9-22)13-11-24-26(30-35-29(24)25)12-10-21-14-16-32(17-15-21)18-23-6-4-5-7-27(23)33-3/h4-7,11,13,21-22H,8-10,12,14-20H2,1-3H3. The number of aryl methyl sites for hydroxylation is 1. The molecule has 1 aromatic heterocycles. The van der Waals surface area contributed by atoms with Crippen LogP contribution in [0.25, 0.3) is 11.0 Å². The minimum absolute atomic E-state index is 0.726. The number of hydrogen-bond donors (Lipinski definition) is 0. The van der Waals surface area contributed by atoms with Gasteiger partial charge in [-0.2, -0.15) is 0 Å². The van der Waals surface area contributed by atoms with E-state index in [1.807, 2.05) is 6.07 Å². The van der Waals surface area contributed by atoms with Gasteiger partial charge in [-0.05, 0) is 95.7 Å². The van der Waals surface area contributed by atoms with E-state index in [9.17, 15) is 0 Å². The molecule has 0 unspecified atom stereocenters. The highest BCUT2D eigenvalue weighted by Crippen LogP contribution is 2.35. The van der Waals surface area contributed by atoms with Crippen LogP contribution in [0.15, 0.2) is 40.9 Å². The summed E-state index contributed by atoms with van der Waals surface area (Å²) >= 11 is 0. The lowest BCUT2D eigenvalue weighted by Gasteiger charge is -2.32. The Morgan fingerprint density at radius 3 is 2.54 bits per heavy atom. The summed E-state index contributed by atoms with van der Waals surface area (Å²) in [4.78, 5) is 4.72. The van der Waals surface area contributed by atoms with Crippen molar-refractivity contribution in [3.63, 3.8) is 0 Å². The first kappa shape index (κ1) is 24.1. The van der Waals surface area contributed by atoms with Crippen molar-refractivity contribution in [3.05, 3.63) is 53.2 Å². The summed E-state index contributed by atoms with van der Waals surface area (Å²) in [7, 11) is 5.92. The predicted octanol–water partition coefficient (Wildman–Crippen LogP) is 5.53. The highest BCUT2D eigenvalue weighted by Gasteiger charge is 2.25. The minimum Gasteiger partial charge on any atom is -0.496 e. The van der Waals surface area contributed by atoms with Gasteiger partial charge in [0.2, 0.25) is 0 Å². The molecule has 6 nitrogen and oxygen atoms in total. The van der Waals surface area contributed by atoms with E-state index in [2.05, 4.69) is 59.4 Å². The van der Waals surface area contributed by atoms with Gasteiger partial charge < -0.3 is 18.9 Å². The molecule has 35 heavy (non-hydrogen) atoms. The molecule has 0 spiro atoms. The Hall–Kier alpha value is -2.57. The van der Waals surface area contributed by atoms with Crippen molar-refractivity contribution in [2.24, 2.45) is 11.8 Å². The first-order valence-electron chi connectivity index (χ1n) is 13.1. The van der Waals surface area contributed by atoms with Crippen LogP contribution < -0.4 is 9.47 Å². The normalized spacial score (nSPS) is 17.4. The summed E-state index contributed by atoms with van der Waals surface area (Å²) < 4.78 is 17.6. The van der Waals surface area contributed by atoms with E-state index >= 15 is 0 Å². The lowest BCUT2D eigenvalue weighted by atomic mass is 9.91. The average molecular weight is 478 g/mol. The van der Waals surface area contributed by atoms with E-state index in [1.165, 1.54) is 31.2 Å². The molecule has 188 valence electrons. The Morgan fingerprint density at radius 2 is 1.80 bits per heavy atom. The molecule has 2 heterocycles. The first-order valence-corrected chi connectivity index (χ1v) is 13.1. The average Bonchev–Trinajstić information content (AvgIpc) is 3.61. The van der Waals surface area contributed by atoms with E-state index in [0.29, 0.717) is 0 Å². The Bertz CT molecular complexity index is 1110. The molecule has 1 saturated carbocycles. The molecule has 2 aliphatic rings. The van der Waals surface area contributed by atoms with Gasteiger partial charge in [0, 0.05) is 24.0 Å². The van der Waals surface area contributed by atoms with Crippen LogP contribution in [0.4, 0.5) is 0 Å². The molecule has 5 rings (SSSR count). The molecule has 0 atom stereocenters. The third-order valence-corrected chi connectivity index (χ3v) is 7.50. The second kappa shape index (κ2) is 11.0. The van der Waals surface area contributed by atoms with Crippen LogP contribution in [-0.4, -0.2) is 55.9 Å². The number of piperidine rings is 1. The van der Waals surface area contributed by atoms with Crippen molar-refractivity contribution >= 4 is 11.0 Å². The molecule has 1 saturated heterocycles. The van der Waals surface area contributed by atoms with Gasteiger partial charge in [-0.3, -0.25) is 4.90 Å². The number of ether oxygens (including phenoxy) is 2. The first-order chi connectivity index (χ1) is 17.1. The van der Waals surface area contributed by atoms with Crippen LogP contribution in [0.5, 0.6) is 11.5 Å². The zero-order valence-corrected chi connectivity index (χ0v) is 21.5. The number of aromatic nitrogens is 1. The van der Waals surface area contributed by atoms with Gasteiger partial charge in [-0.25, -0.2) is 0 Å². The Kier molecular flexibility index (Phi) is 7.59. The Balaban J connectivity index is 1.19. The zero-order chi connectivity index (χ0) is 24.2. The summed E-state index contributed by atoms with van der Waals surface area (Å²) in [6.45, 7) is 4.83. The second-order valence-electron chi connectivity index (χ2n) is 10.6. The summed E-state index contributed by atoms with van der Waals surface area (Å²) in [5.74, 6) is 3.40. The van der Waals surface area contributed by atoms with Crippen molar-refractivity contribution in [1.82, 2.24) is 15.0 Å². The SMILES string of the molecule is COc1ccccc1CN1CCC(CCc2noc3c(CN(C)C)c(OCC4CC4)ccc23)CC1. The maximum atomic E-state index is 6.17. The third-order valence-electron chi connectivity index (χ3n) is 7.50. The highest BCUT2D eigenvalue weighted by molar-refractivity contribution is 5.84. The van der Waals surface area contributed by atoms with Crippen molar-refractivity contribution < 1.29 is 14.0 Å². The smallest absolute Gasteiger partial charge is 0.175 e. The number of methoxy groups -OCH3 is 1. The predicted molar refractivity (Wildman–Crippen MR) is 139 cm³/mol. The number of likely N-dealkylation sites (tertiary alicyclic amines) is 1. The topological polar surface area (TPSA) is 51.0 Å². The largest absolute Gasteiger partial charge is 0.496 e. The van der Waals surface area contributed by atoms with Crippen LogP contribution in [0.2, 0.25) is 0 Å². The van der Waals surface area contributed by atoms with E-state index in [4.69, 9.17) is 14.0 Å². The third kappa shape index (κ3) is 5.99. The molecule has 1 aliphatic heterocycles. The quantitative estimate of drug-likeness (QED) is 0.362. The van der Waals surface area contributed by atoms with Gasteiger partial charge in [-0.1, -0.05) is 23.4 Å². The van der Waals surface area contributed by atoms with Gasteiger partial charge >= 0.3 is 0 Å². The Morgan fingerprint density at radius 1 is 1.00 bits per heavy atom. The molecule has 0 N–H and O–H groups in total. The number of hydrogen-bond acceptors (Lipinski definition) is 6. The maximum Gasteiger partial charge on any atom is 0.175 e. The van der Waals surface area contributed by atoms with E-state index in [0.717, 1.165) is 91.2 Å². The summed E-state index contributed by atoms with van der Waals surface area (Å²) in [5, 5.41) is 5.66. The van der Waals surface area contributed by atoms with Crippen LogP contribution >= 0.6 is 0 Å². The van der Waals surface area contributed by atoms with E-state index in [-0.39, 0.29) is 0 Å². The fourth-order valence-electron chi connectivity index (χ4n) is 5.21. The second-order valence-corrected chi connectivity index (χ2v) is 10.6. The number of benzene rings is 2. The minimum atomic E-state index is 0.726.